The molecule has 0 unspecified atom stereocenters. The largest absolute Gasteiger partial charge is 0.435 e. The third-order valence-corrected chi connectivity index (χ3v) is 4.94. The highest BCUT2D eigenvalue weighted by Crippen LogP contribution is 2.34. The molecule has 3 heterocycles. The highest BCUT2D eigenvalue weighted by atomic mass is 35.5. The van der Waals surface area contributed by atoms with E-state index in [2.05, 4.69) is 20.4 Å². The summed E-state index contributed by atoms with van der Waals surface area (Å²) >= 11 is 5.88. The lowest BCUT2D eigenvalue weighted by Gasteiger charge is -2.37. The summed E-state index contributed by atoms with van der Waals surface area (Å²) in [5.41, 5.74) is 0.128. The molecular weight excluding hydrogens is 423 g/mol. The third-order valence-electron chi connectivity index (χ3n) is 4.76. The summed E-state index contributed by atoms with van der Waals surface area (Å²) in [5.74, 6) is 0.391. The van der Waals surface area contributed by atoms with Crippen LogP contribution in [-0.2, 0) is 23.1 Å². The van der Waals surface area contributed by atoms with Crippen molar-refractivity contribution in [2.75, 3.05) is 18.5 Å². The summed E-state index contributed by atoms with van der Waals surface area (Å²) in [4.78, 5) is 8.07. The van der Waals surface area contributed by atoms with Crippen LogP contribution in [0.1, 0.15) is 22.5 Å². The Morgan fingerprint density at radius 2 is 1.97 bits per heavy atom. The van der Waals surface area contributed by atoms with Crippen LogP contribution in [0.4, 0.5) is 19.0 Å². The molecule has 0 atom stereocenters. The van der Waals surface area contributed by atoms with Crippen LogP contribution in [0.3, 0.4) is 0 Å². The van der Waals surface area contributed by atoms with Crippen molar-refractivity contribution in [3.05, 3.63) is 64.3 Å². The number of rotatable bonds is 5. The Morgan fingerprint density at radius 3 is 2.53 bits per heavy atom. The maximum absolute atomic E-state index is 12.9. The van der Waals surface area contributed by atoms with Crippen molar-refractivity contribution in [1.82, 2.24) is 19.7 Å². The summed E-state index contributed by atoms with van der Waals surface area (Å²) in [6.45, 7) is 2.20. The molecule has 30 heavy (non-hydrogen) atoms. The molecule has 2 N–H and O–H groups in total. The summed E-state index contributed by atoms with van der Waals surface area (Å²) in [6, 6.07) is 7.89. The molecule has 4 rings (SSSR count). The molecule has 0 bridgehead atoms. The van der Waals surface area contributed by atoms with E-state index in [0.717, 1.165) is 11.6 Å². The number of nitrogens with zero attached hydrogens (tertiary/aromatic N) is 4. The van der Waals surface area contributed by atoms with Gasteiger partial charge in [-0.1, -0.05) is 12.1 Å². The van der Waals surface area contributed by atoms with E-state index in [4.69, 9.17) is 16.3 Å². The van der Waals surface area contributed by atoms with E-state index in [1.165, 1.54) is 10.9 Å². The predicted molar refractivity (Wildman–Crippen MR) is 102 cm³/mol. The molecule has 1 saturated heterocycles. The fourth-order valence-electron chi connectivity index (χ4n) is 3.10. The minimum Gasteiger partial charge on any atom is -0.380 e. The first-order valence-electron chi connectivity index (χ1n) is 8.96. The van der Waals surface area contributed by atoms with Crippen LogP contribution in [0, 0.1) is 6.92 Å². The molecule has 1 aromatic carbocycles. The van der Waals surface area contributed by atoms with E-state index in [-0.39, 0.29) is 18.5 Å². The lowest BCUT2D eigenvalue weighted by molar-refractivity contribution is -0.184. The topological polar surface area (TPSA) is 85.1 Å². The van der Waals surface area contributed by atoms with Gasteiger partial charge in [0.25, 0.3) is 0 Å². The lowest BCUT2D eigenvalue weighted by atomic mass is 9.93. The quantitative estimate of drug-likeness (QED) is 0.592. The van der Waals surface area contributed by atoms with Gasteiger partial charge in [0.15, 0.2) is 5.69 Å². The minimum absolute atomic E-state index is 0.0371. The van der Waals surface area contributed by atoms with Gasteiger partial charge in [0.2, 0.25) is 5.28 Å². The van der Waals surface area contributed by atoms with Crippen LogP contribution in [0.2, 0.25) is 5.28 Å². The first-order valence-corrected chi connectivity index (χ1v) is 9.34. The molecule has 3 aromatic rings. The van der Waals surface area contributed by atoms with Crippen molar-refractivity contribution in [1.29, 1.82) is 0 Å². The smallest absolute Gasteiger partial charge is 0.380 e. The average molecular weight is 440 g/mol. The van der Waals surface area contributed by atoms with Crippen molar-refractivity contribution in [2.24, 2.45) is 0 Å². The van der Waals surface area contributed by atoms with Gasteiger partial charge in [-0.2, -0.15) is 18.3 Å². The molecule has 7 nitrogen and oxygen atoms in total. The highest BCUT2D eigenvalue weighted by Gasteiger charge is 2.41. The lowest BCUT2D eigenvalue weighted by Crippen LogP contribution is -2.47. The number of alkyl halides is 3. The molecule has 0 aliphatic carbocycles. The Bertz CT molecular complexity index is 1070. The predicted octanol–water partition coefficient (Wildman–Crippen LogP) is 3.47. The van der Waals surface area contributed by atoms with Crippen molar-refractivity contribution in [3.8, 4) is 5.69 Å². The van der Waals surface area contributed by atoms with Gasteiger partial charge in [0, 0.05) is 24.0 Å². The van der Waals surface area contributed by atoms with E-state index < -0.39 is 17.5 Å². The molecule has 0 saturated carbocycles. The van der Waals surface area contributed by atoms with Gasteiger partial charge in [-0.05, 0) is 42.3 Å². The number of aliphatic hydroxyl groups is 1. The highest BCUT2D eigenvalue weighted by molar-refractivity contribution is 6.28. The van der Waals surface area contributed by atoms with E-state index >= 15 is 0 Å². The number of ether oxygens (including phenoxy) is 1. The number of anilines is 1. The number of benzene rings is 1. The van der Waals surface area contributed by atoms with Crippen LogP contribution in [0.5, 0.6) is 0 Å². The summed E-state index contributed by atoms with van der Waals surface area (Å²) in [7, 11) is 0. The first-order chi connectivity index (χ1) is 14.2. The Morgan fingerprint density at radius 1 is 1.27 bits per heavy atom. The zero-order chi connectivity index (χ0) is 21.5. The maximum atomic E-state index is 12.9. The number of hydrogen-bond acceptors (Lipinski definition) is 6. The van der Waals surface area contributed by atoms with Crippen LogP contribution in [0.15, 0.2) is 36.5 Å². The molecule has 11 heteroatoms. The molecular formula is C19H17ClF3N5O2. The number of aryl methyl sites for hydroxylation is 1. The minimum atomic E-state index is -4.49. The Labute approximate surface area is 174 Å². The van der Waals surface area contributed by atoms with Gasteiger partial charge >= 0.3 is 6.18 Å². The van der Waals surface area contributed by atoms with Gasteiger partial charge in [0.05, 0.1) is 18.9 Å². The Hall–Kier alpha value is -2.69. The molecule has 1 fully saturated rings. The second kappa shape index (κ2) is 7.53. The zero-order valence-electron chi connectivity index (χ0n) is 15.7. The number of nitrogens with one attached hydrogen (secondary N) is 1. The Balaban J connectivity index is 1.51. The van der Waals surface area contributed by atoms with Crippen LogP contribution < -0.4 is 5.32 Å². The third kappa shape index (κ3) is 3.98. The zero-order valence-corrected chi connectivity index (χ0v) is 16.5. The van der Waals surface area contributed by atoms with E-state index in [9.17, 15) is 18.3 Å². The second-order valence-corrected chi connectivity index (χ2v) is 7.36. The maximum Gasteiger partial charge on any atom is 0.435 e. The molecule has 1 aliphatic rings. The van der Waals surface area contributed by atoms with Crippen LogP contribution >= 0.6 is 11.6 Å². The van der Waals surface area contributed by atoms with Crippen molar-refractivity contribution >= 4 is 17.4 Å². The average Bonchev–Trinajstić information content (AvgIpc) is 3.07. The monoisotopic (exact) mass is 439 g/mol. The van der Waals surface area contributed by atoms with E-state index in [0.29, 0.717) is 29.3 Å². The van der Waals surface area contributed by atoms with Gasteiger partial charge in [-0.15, -0.1) is 0 Å². The Kier molecular flexibility index (Phi) is 5.16. The molecule has 2 aromatic heterocycles. The van der Waals surface area contributed by atoms with Crippen molar-refractivity contribution in [3.63, 3.8) is 0 Å². The molecule has 0 radical (unpaired) electrons. The molecule has 0 amide bonds. The van der Waals surface area contributed by atoms with Gasteiger partial charge in [-0.3, -0.25) is 0 Å². The SMILES string of the molecule is Cc1cc(C(F)(F)F)nn1-c1ccc(CNc2nc(Cl)ncc2C2(O)COC2)cc1. The van der Waals surface area contributed by atoms with Crippen LogP contribution in [0.25, 0.3) is 5.69 Å². The van der Waals surface area contributed by atoms with Crippen molar-refractivity contribution < 1.29 is 23.0 Å². The van der Waals surface area contributed by atoms with Gasteiger partial charge < -0.3 is 15.2 Å². The molecule has 0 spiro atoms. The number of halogens is 4. The normalized spacial score (nSPS) is 15.7. The molecule has 1 aliphatic heterocycles. The first kappa shape index (κ1) is 20.6. The fourth-order valence-corrected chi connectivity index (χ4v) is 3.23. The summed E-state index contributed by atoms with van der Waals surface area (Å²) in [6.07, 6.45) is -3.03. The fraction of sp³-hybridized carbons (Fsp3) is 0.316. The van der Waals surface area contributed by atoms with Crippen LogP contribution in [-0.4, -0.2) is 38.1 Å². The summed E-state index contributed by atoms with van der Waals surface area (Å²) < 4.78 is 44.9. The molecule has 158 valence electrons. The van der Waals surface area contributed by atoms with Crippen molar-refractivity contribution in [2.45, 2.75) is 25.2 Å². The van der Waals surface area contributed by atoms with Gasteiger partial charge in [0.1, 0.15) is 11.4 Å². The van der Waals surface area contributed by atoms with E-state index in [1.807, 2.05) is 0 Å². The van der Waals surface area contributed by atoms with Gasteiger partial charge in [-0.25, -0.2) is 14.6 Å². The summed E-state index contributed by atoms with van der Waals surface area (Å²) in [5, 5.41) is 17.3. The second-order valence-electron chi connectivity index (χ2n) is 7.03. The van der Waals surface area contributed by atoms with E-state index in [1.54, 1.807) is 31.2 Å². The standard InChI is InChI=1S/C19H17ClF3N5O2/c1-11-6-15(19(21,22)23)27-28(11)13-4-2-12(3-5-13)7-24-16-14(8-25-17(20)26-16)18(29)9-30-10-18/h2-6,8,29H,7,9-10H2,1H3,(H,24,25,26). The number of hydrogen-bond donors (Lipinski definition) is 2. The number of aromatic nitrogens is 4.